The first-order chi connectivity index (χ1) is 5.86. The third-order valence-corrected chi connectivity index (χ3v) is 1.26. The molecule has 0 aromatic carbocycles. The molecule has 1 N–H and O–H groups in total. The van der Waals surface area contributed by atoms with Crippen LogP contribution in [0.1, 0.15) is 12.1 Å². The Labute approximate surface area is 69.8 Å². The smallest absolute Gasteiger partial charge is 0.0958 e. The van der Waals surface area contributed by atoms with Crippen LogP contribution >= 0.6 is 0 Å². The Morgan fingerprint density at radius 1 is 1.67 bits per heavy atom. The standard InChI is InChI=1S/C8H6N4/c9-2-1-7(4-10)3-8-5-11-6-12-8/h3,5-6H,1H2,(H,11,12)/b7-3+. The molecule has 0 spiro atoms. The highest BCUT2D eigenvalue weighted by Gasteiger charge is 1.94. The van der Waals surface area contributed by atoms with Gasteiger partial charge in [-0.1, -0.05) is 0 Å². The van der Waals surface area contributed by atoms with Crippen LogP contribution in [0.15, 0.2) is 18.1 Å². The molecule has 12 heavy (non-hydrogen) atoms. The van der Waals surface area contributed by atoms with Gasteiger partial charge in [0, 0.05) is 5.57 Å². The predicted octanol–water partition coefficient (Wildman–Crippen LogP) is 1.23. The molecule has 0 radical (unpaired) electrons. The van der Waals surface area contributed by atoms with E-state index in [0.717, 1.165) is 5.69 Å². The normalized spacial score (nSPS) is 10.3. The van der Waals surface area contributed by atoms with Gasteiger partial charge in [-0.15, -0.1) is 0 Å². The van der Waals surface area contributed by atoms with Gasteiger partial charge in [-0.3, -0.25) is 0 Å². The van der Waals surface area contributed by atoms with Crippen molar-refractivity contribution in [3.63, 3.8) is 0 Å². The second kappa shape index (κ2) is 3.95. The Morgan fingerprint density at radius 3 is 3.00 bits per heavy atom. The molecule has 4 heteroatoms. The van der Waals surface area contributed by atoms with Crippen molar-refractivity contribution in [1.29, 1.82) is 10.5 Å². The Bertz CT molecular complexity index is 347. The van der Waals surface area contributed by atoms with E-state index in [-0.39, 0.29) is 6.42 Å². The summed E-state index contributed by atoms with van der Waals surface area (Å²) < 4.78 is 0. The highest BCUT2D eigenvalue weighted by Crippen LogP contribution is 2.04. The third kappa shape index (κ3) is 1.96. The van der Waals surface area contributed by atoms with Crippen molar-refractivity contribution < 1.29 is 0 Å². The maximum atomic E-state index is 8.55. The molecule has 0 saturated carbocycles. The van der Waals surface area contributed by atoms with E-state index in [2.05, 4.69) is 9.97 Å². The summed E-state index contributed by atoms with van der Waals surface area (Å²) in [7, 11) is 0. The van der Waals surface area contributed by atoms with Crippen LogP contribution in [0.2, 0.25) is 0 Å². The number of nitriles is 2. The first kappa shape index (κ1) is 8.03. The molecule has 0 aliphatic rings. The van der Waals surface area contributed by atoms with E-state index in [1.54, 1.807) is 12.3 Å². The zero-order valence-electron chi connectivity index (χ0n) is 6.28. The van der Waals surface area contributed by atoms with E-state index in [0.29, 0.717) is 5.57 Å². The fraction of sp³-hybridized carbons (Fsp3) is 0.125. The van der Waals surface area contributed by atoms with Gasteiger partial charge >= 0.3 is 0 Å². The summed E-state index contributed by atoms with van der Waals surface area (Å²) >= 11 is 0. The van der Waals surface area contributed by atoms with Crippen LogP contribution < -0.4 is 0 Å². The van der Waals surface area contributed by atoms with E-state index in [9.17, 15) is 0 Å². The number of rotatable bonds is 2. The quantitative estimate of drug-likeness (QED) is 0.657. The van der Waals surface area contributed by atoms with Gasteiger partial charge in [0.25, 0.3) is 0 Å². The summed E-state index contributed by atoms with van der Waals surface area (Å²) in [6.07, 6.45) is 4.85. The lowest BCUT2D eigenvalue weighted by atomic mass is 10.2. The van der Waals surface area contributed by atoms with Crippen LogP contribution in [0.3, 0.4) is 0 Å². The fourth-order valence-corrected chi connectivity index (χ4v) is 0.741. The molecule has 58 valence electrons. The van der Waals surface area contributed by atoms with Gasteiger partial charge < -0.3 is 4.98 Å². The first-order valence-electron chi connectivity index (χ1n) is 3.33. The maximum Gasteiger partial charge on any atom is 0.0958 e. The molecule has 0 bridgehead atoms. The van der Waals surface area contributed by atoms with E-state index >= 15 is 0 Å². The summed E-state index contributed by atoms with van der Waals surface area (Å²) in [5.41, 5.74) is 1.17. The molecule has 1 aromatic rings. The van der Waals surface area contributed by atoms with Gasteiger partial charge in [0.2, 0.25) is 0 Å². The minimum absolute atomic E-state index is 0.134. The number of aromatic nitrogens is 2. The maximum absolute atomic E-state index is 8.55. The Balaban J connectivity index is 2.81. The summed E-state index contributed by atoms with van der Waals surface area (Å²) in [6.45, 7) is 0. The van der Waals surface area contributed by atoms with Crippen molar-refractivity contribution in [2.24, 2.45) is 0 Å². The fourth-order valence-electron chi connectivity index (χ4n) is 0.741. The molecule has 0 amide bonds. The van der Waals surface area contributed by atoms with Gasteiger partial charge in [-0.05, 0) is 6.08 Å². The van der Waals surface area contributed by atoms with Crippen molar-refractivity contribution >= 4 is 6.08 Å². The molecule has 0 saturated heterocycles. The topological polar surface area (TPSA) is 76.3 Å². The van der Waals surface area contributed by atoms with Crippen molar-refractivity contribution in [3.8, 4) is 12.1 Å². The monoisotopic (exact) mass is 158 g/mol. The molecule has 1 rings (SSSR count). The number of imidazole rings is 1. The first-order valence-corrected chi connectivity index (χ1v) is 3.33. The lowest BCUT2D eigenvalue weighted by Gasteiger charge is -1.86. The number of nitrogens with zero attached hydrogens (tertiary/aromatic N) is 3. The molecule has 0 fully saturated rings. The Kier molecular flexibility index (Phi) is 2.64. The molecule has 0 unspecified atom stereocenters. The van der Waals surface area contributed by atoms with Crippen molar-refractivity contribution in [2.45, 2.75) is 6.42 Å². The van der Waals surface area contributed by atoms with Gasteiger partial charge in [0.1, 0.15) is 0 Å². The van der Waals surface area contributed by atoms with E-state index in [1.165, 1.54) is 6.33 Å². The molecule has 1 heterocycles. The zero-order valence-corrected chi connectivity index (χ0v) is 6.28. The average molecular weight is 158 g/mol. The Hall–Kier alpha value is -2.07. The van der Waals surface area contributed by atoms with Crippen LogP contribution in [0.4, 0.5) is 0 Å². The van der Waals surface area contributed by atoms with Crippen LogP contribution in [0.5, 0.6) is 0 Å². The predicted molar refractivity (Wildman–Crippen MR) is 42.4 cm³/mol. The lowest BCUT2D eigenvalue weighted by Crippen LogP contribution is -1.77. The van der Waals surface area contributed by atoms with E-state index in [1.807, 2.05) is 12.1 Å². The number of aromatic amines is 1. The largest absolute Gasteiger partial charge is 0.345 e. The average Bonchev–Trinajstić information content (AvgIpc) is 2.56. The molecule has 1 aromatic heterocycles. The number of nitrogens with one attached hydrogen (secondary N) is 1. The summed E-state index contributed by atoms with van der Waals surface area (Å²) in [5.74, 6) is 0. The number of allylic oxidation sites excluding steroid dienone is 1. The molecule has 0 aliphatic carbocycles. The van der Waals surface area contributed by atoms with Crippen LogP contribution in [0, 0.1) is 22.7 Å². The summed E-state index contributed by atoms with van der Waals surface area (Å²) in [6, 6.07) is 3.84. The van der Waals surface area contributed by atoms with E-state index in [4.69, 9.17) is 10.5 Å². The third-order valence-electron chi connectivity index (χ3n) is 1.26. The minimum atomic E-state index is 0.134. The van der Waals surface area contributed by atoms with E-state index < -0.39 is 0 Å². The van der Waals surface area contributed by atoms with Crippen molar-refractivity contribution in [3.05, 3.63) is 23.8 Å². The van der Waals surface area contributed by atoms with Crippen molar-refractivity contribution in [2.75, 3.05) is 0 Å². The molecule has 4 nitrogen and oxygen atoms in total. The molecule has 0 aliphatic heterocycles. The minimum Gasteiger partial charge on any atom is -0.345 e. The molecular weight excluding hydrogens is 152 g/mol. The number of hydrogen-bond acceptors (Lipinski definition) is 3. The zero-order chi connectivity index (χ0) is 8.81. The lowest BCUT2D eigenvalue weighted by molar-refractivity contribution is 1.27. The summed E-state index contributed by atoms with van der Waals surface area (Å²) in [4.78, 5) is 6.59. The SMILES string of the molecule is N#CC/C(C#N)=C\c1cnc[nH]1. The number of hydrogen-bond donors (Lipinski definition) is 1. The van der Waals surface area contributed by atoms with Gasteiger partial charge in [0.15, 0.2) is 0 Å². The molecular formula is C8H6N4. The summed E-state index contributed by atoms with van der Waals surface area (Å²) in [5, 5.41) is 16.9. The van der Waals surface area contributed by atoms with Crippen molar-refractivity contribution in [1.82, 2.24) is 9.97 Å². The molecule has 0 atom stereocenters. The number of H-pyrrole nitrogens is 1. The second-order valence-electron chi connectivity index (χ2n) is 2.12. The van der Waals surface area contributed by atoms with Crippen LogP contribution in [-0.4, -0.2) is 9.97 Å². The highest BCUT2D eigenvalue weighted by molar-refractivity contribution is 5.53. The second-order valence-corrected chi connectivity index (χ2v) is 2.12. The van der Waals surface area contributed by atoms with Gasteiger partial charge in [-0.25, -0.2) is 4.98 Å². The highest BCUT2D eigenvalue weighted by atomic mass is 14.8. The Morgan fingerprint density at radius 2 is 2.50 bits per heavy atom. The van der Waals surface area contributed by atoms with Crippen LogP contribution in [-0.2, 0) is 0 Å². The van der Waals surface area contributed by atoms with Gasteiger partial charge in [-0.2, -0.15) is 10.5 Å². The van der Waals surface area contributed by atoms with Gasteiger partial charge in [0.05, 0.1) is 36.8 Å². The van der Waals surface area contributed by atoms with Crippen LogP contribution in [0.25, 0.3) is 6.08 Å².